The second-order valence-corrected chi connectivity index (χ2v) is 9.55. The molecule has 5 nitrogen and oxygen atoms in total. The normalized spacial score (nSPS) is 15.3. The summed E-state index contributed by atoms with van der Waals surface area (Å²) in [4.78, 5) is 29.4. The molecule has 168 valence electrons. The number of carbonyl (C=O) groups is 2. The molecule has 0 saturated heterocycles. The zero-order valence-corrected chi connectivity index (χ0v) is 19.6. The maximum absolute atomic E-state index is 13.6. The summed E-state index contributed by atoms with van der Waals surface area (Å²) in [6.45, 7) is 2.03. The van der Waals surface area contributed by atoms with E-state index in [9.17, 15) is 9.59 Å². The fraction of sp³-hybridized carbons (Fsp3) is 0.360. The van der Waals surface area contributed by atoms with Crippen LogP contribution in [-0.4, -0.2) is 22.8 Å². The highest BCUT2D eigenvalue weighted by Crippen LogP contribution is 2.30. The van der Waals surface area contributed by atoms with Gasteiger partial charge in [0.1, 0.15) is 11.5 Å². The highest BCUT2D eigenvalue weighted by molar-refractivity contribution is 7.12. The summed E-state index contributed by atoms with van der Waals surface area (Å²) in [5.41, 5.74) is 0.776. The molecule has 1 fully saturated rings. The van der Waals surface area contributed by atoms with Gasteiger partial charge in [0.05, 0.1) is 4.88 Å². The number of hydrogen-bond donors (Lipinski definition) is 1. The summed E-state index contributed by atoms with van der Waals surface area (Å²) in [6, 6.07) is 13.8. The van der Waals surface area contributed by atoms with Gasteiger partial charge in [0.15, 0.2) is 6.04 Å². The zero-order chi connectivity index (χ0) is 22.5. The van der Waals surface area contributed by atoms with E-state index in [0.29, 0.717) is 21.4 Å². The molecule has 32 heavy (non-hydrogen) atoms. The van der Waals surface area contributed by atoms with Crippen LogP contribution in [0.15, 0.2) is 58.3 Å². The van der Waals surface area contributed by atoms with E-state index in [4.69, 9.17) is 16.0 Å². The summed E-state index contributed by atoms with van der Waals surface area (Å²) in [7, 11) is 0. The standard InChI is InChI=1S/C25H27ClN2O3S/c1-17-13-14-21(31-17)23(24(29)27-19-9-3-2-4-10-19)28(25(30)22-12-7-15-32-22)16-18-8-5-6-11-20(18)26/h5-8,11-15,19,23H,2-4,9-10,16H2,1H3,(H,27,29)/t23-/m1/s1. The van der Waals surface area contributed by atoms with Gasteiger partial charge in [0, 0.05) is 17.6 Å². The Morgan fingerprint density at radius 1 is 1.12 bits per heavy atom. The van der Waals surface area contributed by atoms with Gasteiger partial charge in [-0.15, -0.1) is 11.3 Å². The molecule has 7 heteroatoms. The number of nitrogens with zero attached hydrogens (tertiary/aromatic N) is 1. The number of amides is 2. The Morgan fingerprint density at radius 2 is 1.91 bits per heavy atom. The Balaban J connectivity index is 1.71. The first-order valence-electron chi connectivity index (χ1n) is 11.0. The van der Waals surface area contributed by atoms with E-state index >= 15 is 0 Å². The third kappa shape index (κ3) is 5.25. The number of halogens is 1. The zero-order valence-electron chi connectivity index (χ0n) is 18.1. The van der Waals surface area contributed by atoms with Crippen molar-refractivity contribution < 1.29 is 14.0 Å². The number of benzene rings is 1. The van der Waals surface area contributed by atoms with Gasteiger partial charge < -0.3 is 14.6 Å². The van der Waals surface area contributed by atoms with Gasteiger partial charge in [0.25, 0.3) is 11.8 Å². The predicted molar refractivity (Wildman–Crippen MR) is 127 cm³/mol. The van der Waals surface area contributed by atoms with E-state index in [1.54, 1.807) is 23.1 Å². The molecule has 4 rings (SSSR count). The largest absolute Gasteiger partial charge is 0.464 e. The van der Waals surface area contributed by atoms with Gasteiger partial charge in [-0.25, -0.2) is 0 Å². The Kier molecular flexibility index (Phi) is 7.33. The van der Waals surface area contributed by atoms with E-state index in [1.165, 1.54) is 17.8 Å². The molecule has 1 atom stereocenters. The molecule has 0 spiro atoms. The first kappa shape index (κ1) is 22.6. The van der Waals surface area contributed by atoms with Gasteiger partial charge in [0.2, 0.25) is 0 Å². The van der Waals surface area contributed by atoms with Crippen LogP contribution < -0.4 is 5.32 Å². The molecule has 3 aromatic rings. The lowest BCUT2D eigenvalue weighted by Gasteiger charge is -2.32. The van der Waals surface area contributed by atoms with E-state index in [-0.39, 0.29) is 24.4 Å². The minimum absolute atomic E-state index is 0.119. The van der Waals surface area contributed by atoms with Crippen LogP contribution in [-0.2, 0) is 11.3 Å². The molecular formula is C25H27ClN2O3S. The molecule has 1 N–H and O–H groups in total. The van der Waals surface area contributed by atoms with Gasteiger partial charge in [-0.1, -0.05) is 55.1 Å². The number of thiophene rings is 1. The number of nitrogens with one attached hydrogen (secondary N) is 1. The highest BCUT2D eigenvalue weighted by atomic mass is 35.5. The summed E-state index contributed by atoms with van der Waals surface area (Å²) < 4.78 is 5.89. The van der Waals surface area contributed by atoms with Crippen LogP contribution in [0.4, 0.5) is 0 Å². The molecule has 2 amide bonds. The molecule has 0 aliphatic heterocycles. The minimum Gasteiger partial charge on any atom is -0.464 e. The molecule has 1 aliphatic rings. The average molecular weight is 471 g/mol. The van der Waals surface area contributed by atoms with Crippen LogP contribution in [0.3, 0.4) is 0 Å². The average Bonchev–Trinajstić information content (AvgIpc) is 3.47. The van der Waals surface area contributed by atoms with Crippen LogP contribution >= 0.6 is 22.9 Å². The molecule has 0 radical (unpaired) electrons. The van der Waals surface area contributed by atoms with E-state index in [2.05, 4.69) is 5.32 Å². The second kappa shape index (κ2) is 10.4. The van der Waals surface area contributed by atoms with Crippen LogP contribution in [0.5, 0.6) is 0 Å². The molecule has 0 bridgehead atoms. The fourth-order valence-corrected chi connectivity index (χ4v) is 5.06. The summed E-state index contributed by atoms with van der Waals surface area (Å²) >= 11 is 7.78. The van der Waals surface area contributed by atoms with Crippen LogP contribution in [0.25, 0.3) is 0 Å². The van der Waals surface area contributed by atoms with Crippen LogP contribution in [0.2, 0.25) is 5.02 Å². The third-order valence-corrected chi connectivity index (χ3v) is 7.06. The van der Waals surface area contributed by atoms with Crippen LogP contribution in [0.1, 0.15) is 64.9 Å². The Morgan fingerprint density at radius 3 is 2.56 bits per heavy atom. The van der Waals surface area contributed by atoms with E-state index < -0.39 is 6.04 Å². The van der Waals surface area contributed by atoms with Gasteiger partial charge in [-0.05, 0) is 55.0 Å². The number of aryl methyl sites for hydroxylation is 1. The Bertz CT molecular complexity index is 1060. The predicted octanol–water partition coefficient (Wildman–Crippen LogP) is 6.14. The molecular weight excluding hydrogens is 444 g/mol. The molecule has 1 saturated carbocycles. The summed E-state index contributed by atoms with van der Waals surface area (Å²) in [6.07, 6.45) is 5.32. The third-order valence-electron chi connectivity index (χ3n) is 5.83. The lowest BCUT2D eigenvalue weighted by Crippen LogP contribution is -2.46. The quantitative estimate of drug-likeness (QED) is 0.451. The molecule has 2 heterocycles. The first-order chi connectivity index (χ1) is 15.5. The number of rotatable bonds is 7. The van der Waals surface area contributed by atoms with Crippen LogP contribution in [0, 0.1) is 6.92 Å². The summed E-state index contributed by atoms with van der Waals surface area (Å²) in [5, 5.41) is 5.60. The first-order valence-corrected chi connectivity index (χ1v) is 12.2. The topological polar surface area (TPSA) is 62.6 Å². The lowest BCUT2D eigenvalue weighted by atomic mass is 9.95. The molecule has 1 aromatic carbocycles. The van der Waals surface area contributed by atoms with Crippen molar-refractivity contribution in [2.45, 2.75) is 57.7 Å². The Hall–Kier alpha value is -2.57. The van der Waals surface area contributed by atoms with Gasteiger partial charge >= 0.3 is 0 Å². The van der Waals surface area contributed by atoms with E-state index in [0.717, 1.165) is 31.2 Å². The smallest absolute Gasteiger partial charge is 0.265 e. The highest BCUT2D eigenvalue weighted by Gasteiger charge is 2.36. The second-order valence-electron chi connectivity index (χ2n) is 8.20. The van der Waals surface area contributed by atoms with Gasteiger partial charge in [-0.2, -0.15) is 0 Å². The number of carbonyl (C=O) groups excluding carboxylic acids is 2. The lowest BCUT2D eigenvalue weighted by molar-refractivity contribution is -0.127. The van der Waals surface area contributed by atoms with Crippen molar-refractivity contribution >= 4 is 34.8 Å². The van der Waals surface area contributed by atoms with Crippen molar-refractivity contribution in [1.29, 1.82) is 0 Å². The Labute approximate surface area is 197 Å². The maximum atomic E-state index is 13.6. The summed E-state index contributed by atoms with van der Waals surface area (Å²) in [5.74, 6) is 0.700. The van der Waals surface area contributed by atoms with E-state index in [1.807, 2.05) is 42.6 Å². The van der Waals surface area contributed by atoms with Crippen molar-refractivity contribution in [3.05, 3.63) is 80.9 Å². The molecule has 1 aliphatic carbocycles. The monoisotopic (exact) mass is 470 g/mol. The number of furan rings is 1. The van der Waals surface area contributed by atoms with Crippen molar-refractivity contribution in [3.63, 3.8) is 0 Å². The van der Waals surface area contributed by atoms with Crippen molar-refractivity contribution in [3.8, 4) is 0 Å². The molecule has 2 aromatic heterocycles. The molecule has 0 unspecified atom stereocenters. The number of hydrogen-bond acceptors (Lipinski definition) is 4. The fourth-order valence-electron chi connectivity index (χ4n) is 4.18. The van der Waals surface area contributed by atoms with Crippen molar-refractivity contribution in [2.24, 2.45) is 0 Å². The minimum atomic E-state index is -0.892. The maximum Gasteiger partial charge on any atom is 0.265 e. The SMILES string of the molecule is Cc1ccc([C@H](C(=O)NC2CCCCC2)N(Cc2ccccc2Cl)C(=O)c2cccs2)o1. The van der Waals surface area contributed by atoms with Crippen molar-refractivity contribution in [1.82, 2.24) is 10.2 Å². The van der Waals surface area contributed by atoms with Crippen molar-refractivity contribution in [2.75, 3.05) is 0 Å². The van der Waals surface area contributed by atoms with Gasteiger partial charge in [-0.3, -0.25) is 9.59 Å².